The zero-order chi connectivity index (χ0) is 21.2. The predicted octanol–water partition coefficient (Wildman–Crippen LogP) is 1.93. The molecule has 2 heterocycles. The molecular weight excluding hydrogens is 432 g/mol. The van der Waals surface area contributed by atoms with Crippen molar-refractivity contribution in [1.29, 1.82) is 0 Å². The second-order valence-electron chi connectivity index (χ2n) is 6.78. The number of nitrogens with zero attached hydrogens (tertiary/aromatic N) is 2. The van der Waals surface area contributed by atoms with Crippen molar-refractivity contribution in [2.45, 2.75) is 19.4 Å². The maximum atomic E-state index is 12.8. The number of thioether (sulfide) groups is 1. The first-order valence-electron chi connectivity index (χ1n) is 9.13. The zero-order valence-electron chi connectivity index (χ0n) is 16.2. The van der Waals surface area contributed by atoms with Gasteiger partial charge in [-0.1, -0.05) is 36.1 Å². The van der Waals surface area contributed by atoms with Gasteiger partial charge in [-0.05, 0) is 37.1 Å². The van der Waals surface area contributed by atoms with Crippen LogP contribution in [0.1, 0.15) is 18.9 Å². The first-order valence-corrected chi connectivity index (χ1v) is 12.2. The molecule has 1 atom stereocenters. The highest BCUT2D eigenvalue weighted by molar-refractivity contribution is 8.26. The van der Waals surface area contributed by atoms with Crippen molar-refractivity contribution in [1.82, 2.24) is 9.80 Å². The molecule has 0 aliphatic carbocycles. The maximum Gasteiger partial charge on any atom is 0.266 e. The Bertz CT molecular complexity index is 957. The lowest BCUT2D eigenvalue weighted by atomic mass is 10.2. The van der Waals surface area contributed by atoms with Crippen LogP contribution in [0.3, 0.4) is 0 Å². The molecule has 3 rings (SSSR count). The summed E-state index contributed by atoms with van der Waals surface area (Å²) in [5.41, 5.74) is 0.823. The molecule has 1 unspecified atom stereocenters. The van der Waals surface area contributed by atoms with Crippen LogP contribution in [0.5, 0.6) is 5.75 Å². The van der Waals surface area contributed by atoms with E-state index in [0.29, 0.717) is 27.9 Å². The Labute approximate surface area is 180 Å². The number of hydrogen-bond donors (Lipinski definition) is 0. The van der Waals surface area contributed by atoms with E-state index in [0.717, 1.165) is 17.3 Å². The highest BCUT2D eigenvalue weighted by Crippen LogP contribution is 2.33. The Morgan fingerprint density at radius 2 is 2.07 bits per heavy atom. The quantitative estimate of drug-likeness (QED) is 0.480. The molecule has 0 bridgehead atoms. The van der Waals surface area contributed by atoms with E-state index < -0.39 is 9.84 Å². The van der Waals surface area contributed by atoms with Gasteiger partial charge in [-0.3, -0.25) is 14.5 Å². The fourth-order valence-electron chi connectivity index (χ4n) is 3.37. The SMILES string of the molecule is CCN(C(=O)CN1C(=O)/C(=C\c2ccc(OC)cc2)SC1=S)C1CCS(=O)(=O)C1. The van der Waals surface area contributed by atoms with Crippen molar-refractivity contribution in [3.05, 3.63) is 34.7 Å². The second-order valence-corrected chi connectivity index (χ2v) is 10.7. The fraction of sp³-hybridized carbons (Fsp3) is 0.421. The van der Waals surface area contributed by atoms with E-state index in [9.17, 15) is 18.0 Å². The van der Waals surface area contributed by atoms with E-state index >= 15 is 0 Å². The van der Waals surface area contributed by atoms with E-state index in [1.807, 2.05) is 12.1 Å². The number of benzene rings is 1. The zero-order valence-corrected chi connectivity index (χ0v) is 18.6. The molecule has 0 saturated carbocycles. The largest absolute Gasteiger partial charge is 0.497 e. The fourth-order valence-corrected chi connectivity index (χ4v) is 6.36. The van der Waals surface area contributed by atoms with Crippen LogP contribution in [0, 0.1) is 0 Å². The van der Waals surface area contributed by atoms with Gasteiger partial charge in [0.05, 0.1) is 23.5 Å². The summed E-state index contributed by atoms with van der Waals surface area (Å²) in [6.07, 6.45) is 2.15. The second kappa shape index (κ2) is 8.85. The van der Waals surface area contributed by atoms with Gasteiger partial charge >= 0.3 is 0 Å². The van der Waals surface area contributed by atoms with Crippen molar-refractivity contribution in [2.24, 2.45) is 0 Å². The summed E-state index contributed by atoms with van der Waals surface area (Å²) in [6, 6.07) is 6.91. The highest BCUT2D eigenvalue weighted by Gasteiger charge is 2.38. The first-order chi connectivity index (χ1) is 13.7. The van der Waals surface area contributed by atoms with Crippen LogP contribution in [0.2, 0.25) is 0 Å². The Balaban J connectivity index is 1.70. The lowest BCUT2D eigenvalue weighted by Gasteiger charge is -2.28. The van der Waals surface area contributed by atoms with E-state index in [-0.39, 0.29) is 35.9 Å². The third-order valence-corrected chi connectivity index (χ3v) is 8.02. The topological polar surface area (TPSA) is 84.0 Å². The molecule has 29 heavy (non-hydrogen) atoms. The van der Waals surface area contributed by atoms with E-state index in [1.165, 1.54) is 9.80 Å². The van der Waals surface area contributed by atoms with E-state index in [4.69, 9.17) is 17.0 Å². The number of ether oxygens (including phenoxy) is 1. The molecule has 0 aromatic heterocycles. The molecular formula is C19H22N2O5S3. The summed E-state index contributed by atoms with van der Waals surface area (Å²) in [5, 5.41) is 0. The Hall–Kier alpha value is -1.91. The third kappa shape index (κ3) is 4.99. The van der Waals surface area contributed by atoms with Gasteiger partial charge in [0.25, 0.3) is 5.91 Å². The van der Waals surface area contributed by atoms with Crippen LogP contribution in [0.4, 0.5) is 0 Å². The average Bonchev–Trinajstić information content (AvgIpc) is 3.16. The first kappa shape index (κ1) is 21.8. The van der Waals surface area contributed by atoms with Gasteiger partial charge in [0.15, 0.2) is 9.84 Å². The van der Waals surface area contributed by atoms with Crippen LogP contribution in [-0.2, 0) is 19.4 Å². The van der Waals surface area contributed by atoms with Crippen molar-refractivity contribution in [3.63, 3.8) is 0 Å². The van der Waals surface area contributed by atoms with Crippen LogP contribution in [0.15, 0.2) is 29.2 Å². The monoisotopic (exact) mass is 454 g/mol. The number of rotatable bonds is 6. The summed E-state index contributed by atoms with van der Waals surface area (Å²) in [6.45, 7) is 2.00. The smallest absolute Gasteiger partial charge is 0.266 e. The van der Waals surface area contributed by atoms with Crippen LogP contribution >= 0.6 is 24.0 Å². The lowest BCUT2D eigenvalue weighted by molar-refractivity contribution is -0.136. The molecule has 1 aromatic carbocycles. The number of carbonyl (C=O) groups is 2. The van der Waals surface area contributed by atoms with Crippen LogP contribution in [-0.4, -0.2) is 72.1 Å². The van der Waals surface area contributed by atoms with Crippen LogP contribution in [0.25, 0.3) is 6.08 Å². The lowest BCUT2D eigenvalue weighted by Crippen LogP contribution is -2.47. The molecule has 2 aliphatic rings. The normalized spacial score (nSPS) is 22.3. The molecule has 2 amide bonds. The van der Waals surface area contributed by atoms with Crippen molar-refractivity contribution >= 4 is 56.0 Å². The number of methoxy groups -OCH3 is 1. The molecule has 0 spiro atoms. The summed E-state index contributed by atoms with van der Waals surface area (Å²) in [5.74, 6) is 0.167. The third-order valence-electron chi connectivity index (χ3n) is 4.89. The molecule has 10 heteroatoms. The molecule has 7 nitrogen and oxygen atoms in total. The minimum Gasteiger partial charge on any atom is -0.497 e. The van der Waals surface area contributed by atoms with Gasteiger partial charge in [-0.25, -0.2) is 8.42 Å². The highest BCUT2D eigenvalue weighted by atomic mass is 32.2. The van der Waals surface area contributed by atoms with E-state index in [2.05, 4.69) is 0 Å². The minimum absolute atomic E-state index is 0.0255. The number of thiocarbonyl (C=S) groups is 1. The van der Waals surface area contributed by atoms with Gasteiger partial charge in [0.1, 0.15) is 16.6 Å². The van der Waals surface area contributed by atoms with Crippen molar-refractivity contribution < 1.29 is 22.7 Å². The number of sulfone groups is 1. The molecule has 1 aromatic rings. The molecule has 156 valence electrons. The molecule has 0 radical (unpaired) electrons. The number of amides is 2. The molecule has 0 N–H and O–H groups in total. The summed E-state index contributed by atoms with van der Waals surface area (Å²) < 4.78 is 28.9. The van der Waals surface area contributed by atoms with Gasteiger partial charge in [-0.2, -0.15) is 0 Å². The summed E-state index contributed by atoms with van der Waals surface area (Å²) in [7, 11) is -1.52. The Kier molecular flexibility index (Phi) is 6.65. The van der Waals surface area contributed by atoms with E-state index in [1.54, 1.807) is 32.2 Å². The molecule has 2 saturated heterocycles. The molecule has 2 aliphatic heterocycles. The van der Waals surface area contributed by atoms with Gasteiger partial charge < -0.3 is 9.64 Å². The van der Waals surface area contributed by atoms with Crippen molar-refractivity contribution in [2.75, 3.05) is 31.7 Å². The average molecular weight is 455 g/mol. The number of carbonyl (C=O) groups excluding carboxylic acids is 2. The van der Waals surface area contributed by atoms with Gasteiger partial charge in [0.2, 0.25) is 5.91 Å². The number of hydrogen-bond acceptors (Lipinski definition) is 7. The standard InChI is InChI=1S/C19H22N2O5S3/c1-3-20(14-8-9-29(24,25)12-14)17(22)11-21-18(23)16(28-19(21)27)10-13-4-6-15(26-2)7-5-13/h4-7,10,14H,3,8-9,11-12H2,1-2H3/b16-10+. The van der Waals surface area contributed by atoms with Crippen LogP contribution < -0.4 is 4.74 Å². The maximum absolute atomic E-state index is 12.8. The predicted molar refractivity (Wildman–Crippen MR) is 117 cm³/mol. The molecule has 2 fully saturated rings. The Morgan fingerprint density at radius 1 is 1.38 bits per heavy atom. The summed E-state index contributed by atoms with van der Waals surface area (Å²) in [4.78, 5) is 28.8. The van der Waals surface area contributed by atoms with Crippen molar-refractivity contribution in [3.8, 4) is 5.75 Å². The van der Waals surface area contributed by atoms with Gasteiger partial charge in [0, 0.05) is 12.6 Å². The number of likely N-dealkylation sites (N-methyl/N-ethyl adjacent to an activating group) is 1. The minimum atomic E-state index is -3.10. The van der Waals surface area contributed by atoms with Gasteiger partial charge in [-0.15, -0.1) is 0 Å². The Morgan fingerprint density at radius 3 is 2.62 bits per heavy atom. The summed E-state index contributed by atoms with van der Waals surface area (Å²) >= 11 is 6.45.